The minimum Gasteiger partial charge on any atom is -0.374 e. The van der Waals surface area contributed by atoms with Gasteiger partial charge in [-0.1, -0.05) is 6.92 Å². The summed E-state index contributed by atoms with van der Waals surface area (Å²) in [5.74, 6) is 1.22. The van der Waals surface area contributed by atoms with E-state index in [1.807, 2.05) is 0 Å². The van der Waals surface area contributed by atoms with E-state index >= 15 is 0 Å². The average molecular weight is 104 g/mol. The van der Waals surface area contributed by atoms with Gasteiger partial charge >= 0.3 is 0 Å². The topological polar surface area (TPSA) is 9.23 Å². The van der Waals surface area contributed by atoms with Crippen molar-refractivity contribution in [2.45, 2.75) is 12.8 Å². The molecule has 1 nitrogen and oxygen atoms in total. The van der Waals surface area contributed by atoms with Crippen molar-refractivity contribution < 1.29 is 4.74 Å². The Hall–Kier alpha value is 0.390. The van der Waals surface area contributed by atoms with Crippen LogP contribution in [-0.2, 0) is 4.74 Å². The Balaban J connectivity index is 2.20. The fraction of sp³-hybridized carbons (Fsp3) is 1.00. The molecule has 0 aromatic carbocycles. The zero-order chi connectivity index (χ0) is 4.57. The van der Waals surface area contributed by atoms with Crippen LogP contribution in [-0.4, -0.2) is 12.5 Å². The fourth-order valence-electron chi connectivity index (χ4n) is 0.400. The van der Waals surface area contributed by atoms with Gasteiger partial charge in [0.15, 0.2) is 0 Å². The monoisotopic (exact) mass is 104 g/mol. The number of ether oxygens (including phenoxy) is 1. The zero-order valence-corrected chi connectivity index (χ0v) is 5.00. The maximum Gasteiger partial charge on any atom is 0.0755 e. The van der Waals surface area contributed by atoms with Crippen LogP contribution < -0.4 is 0 Å². The molecule has 0 aromatic heterocycles. The highest BCUT2D eigenvalue weighted by atomic mass is 31.0. The van der Waals surface area contributed by atoms with Gasteiger partial charge in [-0.25, -0.2) is 0 Å². The Bertz CT molecular complexity index is 47.5. The lowest BCUT2D eigenvalue weighted by molar-refractivity contribution is -0.0493. The lowest BCUT2D eigenvalue weighted by Gasteiger charge is -2.30. The quantitative estimate of drug-likeness (QED) is 0.414. The molecule has 1 aliphatic heterocycles. The summed E-state index contributed by atoms with van der Waals surface area (Å²) in [7, 11) is 2.64. The highest BCUT2D eigenvalue weighted by Crippen LogP contribution is 2.24. The second kappa shape index (κ2) is 1.48. The van der Waals surface area contributed by atoms with Crippen LogP contribution >= 0.6 is 9.24 Å². The molecule has 0 N–H and O–H groups in total. The first-order valence-corrected chi connectivity index (χ1v) is 2.84. The third kappa shape index (κ3) is 0.572. The maximum absolute atomic E-state index is 5.01. The summed E-state index contributed by atoms with van der Waals surface area (Å²) in [6.07, 6.45) is 0. The Kier molecular flexibility index (Phi) is 1.12. The van der Waals surface area contributed by atoms with Crippen LogP contribution in [0.5, 0.6) is 0 Å². The van der Waals surface area contributed by atoms with E-state index in [2.05, 4.69) is 16.2 Å². The predicted molar refractivity (Wildman–Crippen MR) is 28.6 cm³/mol. The largest absolute Gasteiger partial charge is 0.374 e. The van der Waals surface area contributed by atoms with Crippen LogP contribution in [0.25, 0.3) is 0 Å². The van der Waals surface area contributed by atoms with Gasteiger partial charge in [0.2, 0.25) is 0 Å². The highest BCUT2D eigenvalue weighted by Gasteiger charge is 2.22. The highest BCUT2D eigenvalue weighted by molar-refractivity contribution is 7.17. The van der Waals surface area contributed by atoms with Gasteiger partial charge in [0.05, 0.1) is 12.5 Å². The van der Waals surface area contributed by atoms with Crippen molar-refractivity contribution in [1.82, 2.24) is 0 Å². The van der Waals surface area contributed by atoms with E-state index in [4.69, 9.17) is 4.74 Å². The number of rotatable bonds is 0. The van der Waals surface area contributed by atoms with Crippen molar-refractivity contribution in [2.75, 3.05) is 6.61 Å². The molecule has 0 radical (unpaired) electrons. The lowest BCUT2D eigenvalue weighted by Crippen LogP contribution is -2.31. The molecule has 1 aliphatic rings. The van der Waals surface area contributed by atoms with Gasteiger partial charge in [-0.15, -0.1) is 9.24 Å². The standard InChI is InChI=1S/C4H9OP/c1-3-2-5-4(3)6/h3-4H,2,6H2,1H3. The Morgan fingerprint density at radius 1 is 1.83 bits per heavy atom. The Morgan fingerprint density at radius 2 is 2.33 bits per heavy atom. The van der Waals surface area contributed by atoms with Crippen molar-refractivity contribution in [3.63, 3.8) is 0 Å². The van der Waals surface area contributed by atoms with Gasteiger partial charge in [-0.2, -0.15) is 0 Å². The Labute approximate surface area is 40.3 Å². The third-order valence-electron chi connectivity index (χ3n) is 1.11. The number of hydrogen-bond acceptors (Lipinski definition) is 1. The van der Waals surface area contributed by atoms with Gasteiger partial charge in [0.1, 0.15) is 0 Å². The molecule has 0 spiro atoms. The molecule has 1 fully saturated rings. The summed E-state index contributed by atoms with van der Waals surface area (Å²) in [4.78, 5) is 0. The van der Waals surface area contributed by atoms with E-state index in [0.29, 0.717) is 5.85 Å². The van der Waals surface area contributed by atoms with E-state index < -0.39 is 0 Å². The minimum absolute atomic E-state index is 0.449. The van der Waals surface area contributed by atoms with Crippen molar-refractivity contribution >= 4 is 9.24 Å². The lowest BCUT2D eigenvalue weighted by atomic mass is 10.1. The molecule has 36 valence electrons. The molecule has 1 heterocycles. The van der Waals surface area contributed by atoms with E-state index in [9.17, 15) is 0 Å². The van der Waals surface area contributed by atoms with Gasteiger partial charge < -0.3 is 4.74 Å². The molecule has 0 aromatic rings. The molecule has 0 saturated carbocycles. The first-order valence-electron chi connectivity index (χ1n) is 2.18. The first-order chi connectivity index (χ1) is 2.80. The van der Waals surface area contributed by atoms with Crippen molar-refractivity contribution in [3.05, 3.63) is 0 Å². The molecule has 2 heteroatoms. The summed E-state index contributed by atoms with van der Waals surface area (Å²) in [5, 5.41) is 0. The van der Waals surface area contributed by atoms with Gasteiger partial charge in [0, 0.05) is 5.92 Å². The first kappa shape index (κ1) is 4.55. The molecule has 3 atom stereocenters. The average Bonchev–Trinajstić information content (AvgIpc) is 1.61. The number of hydrogen-bond donors (Lipinski definition) is 0. The van der Waals surface area contributed by atoms with E-state index in [-0.39, 0.29) is 0 Å². The molecule has 0 amide bonds. The molecular weight excluding hydrogens is 95.0 g/mol. The second-order valence-electron chi connectivity index (χ2n) is 1.78. The predicted octanol–water partition coefficient (Wildman–Crippen LogP) is 0.854. The van der Waals surface area contributed by atoms with E-state index in [0.717, 1.165) is 12.5 Å². The van der Waals surface area contributed by atoms with Crippen LogP contribution in [0.4, 0.5) is 0 Å². The van der Waals surface area contributed by atoms with Crippen molar-refractivity contribution in [2.24, 2.45) is 5.92 Å². The summed E-state index contributed by atoms with van der Waals surface area (Å²) in [5.41, 5.74) is 0. The smallest absolute Gasteiger partial charge is 0.0755 e. The summed E-state index contributed by atoms with van der Waals surface area (Å²) in [6.45, 7) is 3.13. The van der Waals surface area contributed by atoms with Gasteiger partial charge in [-0.05, 0) is 0 Å². The third-order valence-corrected chi connectivity index (χ3v) is 1.96. The molecule has 0 bridgehead atoms. The molecular formula is C4H9OP. The summed E-state index contributed by atoms with van der Waals surface area (Å²) in [6, 6.07) is 0. The van der Waals surface area contributed by atoms with Crippen LogP contribution in [0.2, 0.25) is 0 Å². The fourth-order valence-corrected chi connectivity index (χ4v) is 0.622. The van der Waals surface area contributed by atoms with Gasteiger partial charge in [-0.3, -0.25) is 0 Å². The van der Waals surface area contributed by atoms with Crippen molar-refractivity contribution in [1.29, 1.82) is 0 Å². The van der Waals surface area contributed by atoms with Crippen LogP contribution in [0.1, 0.15) is 6.92 Å². The van der Waals surface area contributed by atoms with Crippen LogP contribution in [0, 0.1) is 5.92 Å². The second-order valence-corrected chi connectivity index (χ2v) is 2.43. The molecule has 1 saturated heterocycles. The minimum atomic E-state index is 0.449. The van der Waals surface area contributed by atoms with E-state index in [1.165, 1.54) is 0 Å². The summed E-state index contributed by atoms with van der Waals surface area (Å²) >= 11 is 0. The molecule has 3 unspecified atom stereocenters. The van der Waals surface area contributed by atoms with Gasteiger partial charge in [0.25, 0.3) is 0 Å². The normalized spacial score (nSPS) is 45.0. The molecule has 0 aliphatic carbocycles. The zero-order valence-electron chi connectivity index (χ0n) is 3.85. The maximum atomic E-state index is 5.01. The molecule has 1 rings (SSSR count). The van der Waals surface area contributed by atoms with E-state index in [1.54, 1.807) is 0 Å². The van der Waals surface area contributed by atoms with Crippen molar-refractivity contribution in [3.8, 4) is 0 Å². The Morgan fingerprint density at radius 3 is 2.33 bits per heavy atom. The summed E-state index contributed by atoms with van der Waals surface area (Å²) < 4.78 is 5.01. The van der Waals surface area contributed by atoms with Crippen LogP contribution in [0.3, 0.4) is 0 Å². The molecule has 6 heavy (non-hydrogen) atoms. The van der Waals surface area contributed by atoms with Crippen LogP contribution in [0.15, 0.2) is 0 Å². The SMILES string of the molecule is CC1COC1P.